The summed E-state index contributed by atoms with van der Waals surface area (Å²) in [5, 5.41) is 18.6. The maximum Gasteiger partial charge on any atom is 0.338 e. The summed E-state index contributed by atoms with van der Waals surface area (Å²) in [7, 11) is 0. The van der Waals surface area contributed by atoms with E-state index in [0.717, 1.165) is 6.08 Å². The summed E-state index contributed by atoms with van der Waals surface area (Å²) in [6.07, 6.45) is 1.02. The van der Waals surface area contributed by atoms with E-state index < -0.39 is 11.9 Å². The zero-order valence-electron chi connectivity index (χ0n) is 13.7. The number of hydrogen-bond acceptors (Lipinski definition) is 7. The van der Waals surface area contributed by atoms with E-state index in [-0.39, 0.29) is 30.2 Å². The van der Waals surface area contributed by atoms with E-state index in [9.17, 15) is 14.7 Å². The molecule has 0 aliphatic heterocycles. The third-order valence-corrected chi connectivity index (χ3v) is 3.44. The fraction of sp³-hybridized carbons (Fsp3) is 0.111. The Kier molecular flexibility index (Phi) is 4.93. The van der Waals surface area contributed by atoms with Crippen molar-refractivity contribution in [2.24, 2.45) is 0 Å². The molecule has 0 spiro atoms. The van der Waals surface area contributed by atoms with Gasteiger partial charge in [0.2, 0.25) is 0 Å². The number of ether oxygens (including phenoxy) is 2. The molecule has 3 aromatic rings. The predicted octanol–water partition coefficient (Wildman–Crippen LogP) is 2.01. The van der Waals surface area contributed by atoms with Crippen LogP contribution in [0.2, 0.25) is 0 Å². The Morgan fingerprint density at radius 3 is 2.38 bits per heavy atom. The minimum absolute atomic E-state index is 0.0758. The van der Waals surface area contributed by atoms with E-state index in [1.165, 1.54) is 23.0 Å². The number of carbonyl (C=O) groups excluding carboxylic acids is 2. The van der Waals surface area contributed by atoms with Gasteiger partial charge in [-0.1, -0.05) is 18.7 Å². The number of phenols is 1. The second-order valence-corrected chi connectivity index (χ2v) is 5.19. The van der Waals surface area contributed by atoms with Gasteiger partial charge in [0.05, 0.1) is 5.56 Å². The standard InChI is InChI=1S/C18H15N3O5/c1-2-17(23)25-9-10-26-18(24)12-7-8-16(22)15(11-12)21-19-13-5-3-4-6-14(13)20-21/h2-8,11,22H,1,9-10H2. The minimum atomic E-state index is -0.627. The molecule has 0 atom stereocenters. The molecule has 0 fully saturated rings. The third kappa shape index (κ3) is 3.69. The molecule has 0 amide bonds. The molecule has 0 saturated heterocycles. The maximum atomic E-state index is 12.1. The van der Waals surface area contributed by atoms with Crippen molar-refractivity contribution < 1.29 is 24.2 Å². The van der Waals surface area contributed by atoms with E-state index in [2.05, 4.69) is 16.8 Å². The zero-order chi connectivity index (χ0) is 18.5. The van der Waals surface area contributed by atoms with Crippen LogP contribution < -0.4 is 0 Å². The molecule has 1 aromatic heterocycles. The van der Waals surface area contributed by atoms with Crippen LogP contribution in [0.3, 0.4) is 0 Å². The van der Waals surface area contributed by atoms with Crippen molar-refractivity contribution in [3.63, 3.8) is 0 Å². The second-order valence-electron chi connectivity index (χ2n) is 5.19. The van der Waals surface area contributed by atoms with Crippen LogP contribution in [-0.4, -0.2) is 45.3 Å². The Hall–Kier alpha value is -3.68. The van der Waals surface area contributed by atoms with Gasteiger partial charge in [0.1, 0.15) is 35.7 Å². The Bertz CT molecular complexity index is 947. The zero-order valence-corrected chi connectivity index (χ0v) is 13.7. The Morgan fingerprint density at radius 2 is 1.73 bits per heavy atom. The first-order valence-electron chi connectivity index (χ1n) is 7.70. The number of phenolic OH excluding ortho intramolecular Hbond substituents is 1. The van der Waals surface area contributed by atoms with Crippen LogP contribution in [-0.2, 0) is 14.3 Å². The van der Waals surface area contributed by atoms with Crippen molar-refractivity contribution in [3.8, 4) is 11.4 Å². The fourth-order valence-electron chi connectivity index (χ4n) is 2.20. The lowest BCUT2D eigenvalue weighted by atomic mass is 10.2. The molecule has 0 aliphatic carbocycles. The van der Waals surface area contributed by atoms with Gasteiger partial charge in [-0.05, 0) is 30.3 Å². The first-order valence-corrected chi connectivity index (χ1v) is 7.70. The van der Waals surface area contributed by atoms with Crippen molar-refractivity contribution >= 4 is 23.0 Å². The minimum Gasteiger partial charge on any atom is -0.506 e. The Labute approximate surface area is 148 Å². The van der Waals surface area contributed by atoms with Crippen molar-refractivity contribution in [2.45, 2.75) is 0 Å². The molecule has 0 radical (unpaired) electrons. The first-order chi connectivity index (χ1) is 12.6. The molecule has 1 N–H and O–H groups in total. The van der Waals surface area contributed by atoms with Gasteiger partial charge in [-0.2, -0.15) is 0 Å². The number of rotatable bonds is 6. The van der Waals surface area contributed by atoms with Crippen LogP contribution in [0.5, 0.6) is 5.75 Å². The van der Waals surface area contributed by atoms with Crippen molar-refractivity contribution in [2.75, 3.05) is 13.2 Å². The molecule has 132 valence electrons. The Balaban J connectivity index is 1.75. The van der Waals surface area contributed by atoms with Gasteiger partial charge in [0, 0.05) is 6.08 Å². The van der Waals surface area contributed by atoms with Gasteiger partial charge < -0.3 is 14.6 Å². The van der Waals surface area contributed by atoms with Gasteiger partial charge >= 0.3 is 11.9 Å². The van der Waals surface area contributed by atoms with Crippen molar-refractivity contribution in [3.05, 3.63) is 60.7 Å². The van der Waals surface area contributed by atoms with Gasteiger partial charge in [0.15, 0.2) is 0 Å². The van der Waals surface area contributed by atoms with Gasteiger partial charge in [-0.25, -0.2) is 9.59 Å². The van der Waals surface area contributed by atoms with E-state index in [4.69, 9.17) is 9.47 Å². The fourth-order valence-corrected chi connectivity index (χ4v) is 2.20. The predicted molar refractivity (Wildman–Crippen MR) is 92.0 cm³/mol. The molecule has 26 heavy (non-hydrogen) atoms. The molecule has 0 unspecified atom stereocenters. The summed E-state index contributed by atoms with van der Waals surface area (Å²) >= 11 is 0. The molecule has 0 saturated carbocycles. The highest BCUT2D eigenvalue weighted by Crippen LogP contribution is 2.23. The summed E-state index contributed by atoms with van der Waals surface area (Å²) in [6.45, 7) is 3.09. The number of benzene rings is 2. The van der Waals surface area contributed by atoms with Gasteiger partial charge in [-0.3, -0.25) is 0 Å². The number of carbonyl (C=O) groups is 2. The van der Waals surface area contributed by atoms with Crippen molar-refractivity contribution in [1.82, 2.24) is 15.0 Å². The lowest BCUT2D eigenvalue weighted by Crippen LogP contribution is -2.13. The quantitative estimate of drug-likeness (QED) is 0.411. The summed E-state index contributed by atoms with van der Waals surface area (Å²) in [5.74, 6) is -1.30. The summed E-state index contributed by atoms with van der Waals surface area (Å²) in [6, 6.07) is 11.4. The molecule has 2 aromatic carbocycles. The average molecular weight is 353 g/mol. The van der Waals surface area contributed by atoms with E-state index in [1.54, 1.807) is 12.1 Å². The maximum absolute atomic E-state index is 12.1. The van der Waals surface area contributed by atoms with Crippen LogP contribution >= 0.6 is 0 Å². The smallest absolute Gasteiger partial charge is 0.338 e. The number of nitrogens with zero attached hydrogens (tertiary/aromatic N) is 3. The van der Waals surface area contributed by atoms with Crippen LogP contribution in [0.4, 0.5) is 0 Å². The third-order valence-electron chi connectivity index (χ3n) is 3.44. The summed E-state index contributed by atoms with van der Waals surface area (Å²) in [5.41, 5.74) is 1.76. The first kappa shape index (κ1) is 17.2. The number of esters is 2. The molecule has 0 aliphatic rings. The number of aromatic hydroxyl groups is 1. The molecule has 3 rings (SSSR count). The van der Waals surface area contributed by atoms with E-state index >= 15 is 0 Å². The second kappa shape index (κ2) is 7.47. The van der Waals surface area contributed by atoms with Crippen LogP contribution in [0.15, 0.2) is 55.1 Å². The molecular weight excluding hydrogens is 338 g/mol. The molecule has 0 bridgehead atoms. The monoisotopic (exact) mass is 353 g/mol. The van der Waals surface area contributed by atoms with Gasteiger partial charge in [-0.15, -0.1) is 15.0 Å². The van der Waals surface area contributed by atoms with Gasteiger partial charge in [0.25, 0.3) is 0 Å². The topological polar surface area (TPSA) is 104 Å². The average Bonchev–Trinajstić information content (AvgIpc) is 3.09. The van der Waals surface area contributed by atoms with Crippen LogP contribution in [0.1, 0.15) is 10.4 Å². The number of fused-ring (bicyclic) bond motifs is 1. The Morgan fingerprint density at radius 1 is 1.08 bits per heavy atom. The normalized spacial score (nSPS) is 10.5. The van der Waals surface area contributed by atoms with E-state index in [1.807, 2.05) is 12.1 Å². The number of aromatic nitrogens is 3. The summed E-state index contributed by atoms with van der Waals surface area (Å²) < 4.78 is 9.76. The SMILES string of the molecule is C=CC(=O)OCCOC(=O)c1ccc(O)c(-n2nc3ccccc3n2)c1. The lowest BCUT2D eigenvalue weighted by Gasteiger charge is -2.08. The number of hydrogen-bond donors (Lipinski definition) is 1. The van der Waals surface area contributed by atoms with Crippen LogP contribution in [0.25, 0.3) is 16.7 Å². The lowest BCUT2D eigenvalue weighted by molar-refractivity contribution is -0.138. The van der Waals surface area contributed by atoms with E-state index in [0.29, 0.717) is 11.0 Å². The van der Waals surface area contributed by atoms with Crippen LogP contribution in [0, 0.1) is 0 Å². The molecule has 8 nitrogen and oxygen atoms in total. The molecule has 1 heterocycles. The largest absolute Gasteiger partial charge is 0.506 e. The van der Waals surface area contributed by atoms with Crippen molar-refractivity contribution in [1.29, 1.82) is 0 Å². The molecule has 8 heteroatoms. The molecular formula is C18H15N3O5. The highest BCUT2D eigenvalue weighted by molar-refractivity contribution is 5.90. The highest BCUT2D eigenvalue weighted by atomic mass is 16.6. The highest BCUT2D eigenvalue weighted by Gasteiger charge is 2.14. The summed E-state index contributed by atoms with van der Waals surface area (Å²) in [4.78, 5) is 24.3.